The first-order chi connectivity index (χ1) is 12.7. The second kappa shape index (κ2) is 7.85. The van der Waals surface area contributed by atoms with Gasteiger partial charge in [0, 0.05) is 38.3 Å². The lowest BCUT2D eigenvalue weighted by atomic mass is 9.96. The number of piperazine rings is 1. The molecular formula is C22H31N3O2. The van der Waals surface area contributed by atoms with Crippen LogP contribution in [0, 0.1) is 19.3 Å². The fourth-order valence-electron chi connectivity index (χ4n) is 3.60. The van der Waals surface area contributed by atoms with E-state index in [1.54, 1.807) is 0 Å². The first kappa shape index (κ1) is 19.6. The summed E-state index contributed by atoms with van der Waals surface area (Å²) < 4.78 is 5.85. The predicted molar refractivity (Wildman–Crippen MR) is 108 cm³/mol. The molecule has 1 amide bonds. The molecule has 2 heterocycles. The van der Waals surface area contributed by atoms with Gasteiger partial charge >= 0.3 is 0 Å². The molecule has 2 aromatic rings. The minimum atomic E-state index is 0.137. The normalized spacial score (nSPS) is 16.0. The zero-order valence-electron chi connectivity index (χ0n) is 17.2. The van der Waals surface area contributed by atoms with Crippen LogP contribution in [0.2, 0.25) is 0 Å². The molecule has 0 unspecified atom stereocenters. The quantitative estimate of drug-likeness (QED) is 0.825. The number of aromatic nitrogens is 1. The van der Waals surface area contributed by atoms with Crippen LogP contribution in [0.15, 0.2) is 28.7 Å². The Morgan fingerprint density at radius 1 is 1.11 bits per heavy atom. The molecule has 0 spiro atoms. The summed E-state index contributed by atoms with van der Waals surface area (Å²) in [5.41, 5.74) is 3.13. The largest absolute Gasteiger partial charge is 0.441 e. The first-order valence-electron chi connectivity index (χ1n) is 9.75. The van der Waals surface area contributed by atoms with Crippen molar-refractivity contribution >= 4 is 5.91 Å². The zero-order chi connectivity index (χ0) is 19.6. The average Bonchev–Trinajstić information content (AvgIpc) is 2.95. The van der Waals surface area contributed by atoms with Gasteiger partial charge in [0.1, 0.15) is 5.76 Å². The summed E-state index contributed by atoms with van der Waals surface area (Å²) in [5.74, 6) is 1.47. The lowest BCUT2D eigenvalue weighted by Gasteiger charge is -2.37. The summed E-state index contributed by atoms with van der Waals surface area (Å²) in [7, 11) is 0. The van der Waals surface area contributed by atoms with E-state index < -0.39 is 0 Å². The number of oxazole rings is 1. The molecule has 0 bridgehead atoms. The predicted octanol–water partition coefficient (Wildman–Crippen LogP) is 3.69. The molecule has 1 aromatic heterocycles. The summed E-state index contributed by atoms with van der Waals surface area (Å²) in [6.07, 6.45) is 0.306. The van der Waals surface area contributed by atoms with Crippen LogP contribution >= 0.6 is 0 Å². The van der Waals surface area contributed by atoms with Crippen LogP contribution < -0.4 is 0 Å². The third kappa shape index (κ3) is 4.98. The summed E-state index contributed by atoms with van der Waals surface area (Å²) in [5, 5.41) is 0. The smallest absolute Gasteiger partial charge is 0.228 e. The molecule has 1 aromatic carbocycles. The molecule has 0 atom stereocenters. The Balaban J connectivity index is 1.62. The fourth-order valence-corrected chi connectivity index (χ4v) is 3.60. The van der Waals surface area contributed by atoms with E-state index in [4.69, 9.17) is 4.42 Å². The Hall–Kier alpha value is -2.14. The van der Waals surface area contributed by atoms with E-state index in [2.05, 4.69) is 30.7 Å². The summed E-state index contributed by atoms with van der Waals surface area (Å²) in [6, 6.07) is 8.01. The summed E-state index contributed by atoms with van der Waals surface area (Å²) in [4.78, 5) is 21.8. The van der Waals surface area contributed by atoms with Crippen molar-refractivity contribution < 1.29 is 9.21 Å². The molecule has 3 rings (SSSR count). The third-order valence-corrected chi connectivity index (χ3v) is 5.01. The van der Waals surface area contributed by atoms with Crippen molar-refractivity contribution in [3.05, 3.63) is 41.3 Å². The van der Waals surface area contributed by atoms with Crippen molar-refractivity contribution in [3.8, 4) is 11.5 Å². The molecule has 0 aliphatic carbocycles. The molecule has 1 saturated heterocycles. The number of hydrogen-bond acceptors (Lipinski definition) is 4. The van der Waals surface area contributed by atoms with Gasteiger partial charge in [0.2, 0.25) is 11.8 Å². The second-order valence-electron chi connectivity index (χ2n) is 8.73. The highest BCUT2D eigenvalue weighted by atomic mass is 16.4. The standard InChI is InChI=1S/C22H31N3O2/c1-16-8-6-7-9-18(16)21-23-19(17(2)27-21)14-20(26)25-12-10-24(11-13-25)15-22(3,4)5/h6-9H,10-15H2,1-5H3. The molecule has 5 nitrogen and oxygen atoms in total. The van der Waals surface area contributed by atoms with E-state index in [1.807, 2.05) is 43.0 Å². The van der Waals surface area contributed by atoms with Crippen LogP contribution in [0.3, 0.4) is 0 Å². The lowest BCUT2D eigenvalue weighted by Crippen LogP contribution is -2.50. The topological polar surface area (TPSA) is 49.6 Å². The van der Waals surface area contributed by atoms with Gasteiger partial charge in [-0.2, -0.15) is 0 Å². The number of rotatable bonds is 4. The number of carbonyl (C=O) groups is 1. The molecule has 0 N–H and O–H groups in total. The summed E-state index contributed by atoms with van der Waals surface area (Å²) in [6.45, 7) is 15.2. The number of carbonyl (C=O) groups excluding carboxylic acids is 1. The highest BCUT2D eigenvalue weighted by Gasteiger charge is 2.25. The molecule has 0 radical (unpaired) electrons. The van der Waals surface area contributed by atoms with Crippen LogP contribution in [0.25, 0.3) is 11.5 Å². The van der Waals surface area contributed by atoms with E-state index in [0.717, 1.165) is 55.3 Å². The molecule has 1 aliphatic heterocycles. The fraction of sp³-hybridized carbons (Fsp3) is 0.545. The Bertz CT molecular complexity index is 796. The van der Waals surface area contributed by atoms with Gasteiger partial charge in [0.05, 0.1) is 12.1 Å². The Morgan fingerprint density at radius 3 is 2.41 bits per heavy atom. The molecule has 27 heavy (non-hydrogen) atoms. The monoisotopic (exact) mass is 369 g/mol. The third-order valence-electron chi connectivity index (χ3n) is 5.01. The number of amides is 1. The Morgan fingerprint density at radius 2 is 1.78 bits per heavy atom. The van der Waals surface area contributed by atoms with Crippen molar-refractivity contribution in [2.45, 2.75) is 41.0 Å². The van der Waals surface area contributed by atoms with E-state index >= 15 is 0 Å². The van der Waals surface area contributed by atoms with Gasteiger partial charge in [-0.25, -0.2) is 4.98 Å². The van der Waals surface area contributed by atoms with Crippen molar-refractivity contribution in [2.75, 3.05) is 32.7 Å². The van der Waals surface area contributed by atoms with E-state index in [-0.39, 0.29) is 11.3 Å². The van der Waals surface area contributed by atoms with Crippen LogP contribution in [0.5, 0.6) is 0 Å². The van der Waals surface area contributed by atoms with E-state index in [9.17, 15) is 4.79 Å². The van der Waals surface area contributed by atoms with E-state index in [0.29, 0.717) is 12.3 Å². The van der Waals surface area contributed by atoms with Gasteiger partial charge < -0.3 is 9.32 Å². The SMILES string of the molecule is Cc1ccccc1-c1nc(CC(=O)N2CCN(CC(C)(C)C)CC2)c(C)o1. The van der Waals surface area contributed by atoms with E-state index in [1.165, 1.54) is 0 Å². The number of nitrogens with zero attached hydrogens (tertiary/aromatic N) is 3. The van der Waals surface area contributed by atoms with Crippen LogP contribution in [0.1, 0.15) is 37.8 Å². The van der Waals surface area contributed by atoms with Gasteiger partial charge in [-0.1, -0.05) is 39.0 Å². The lowest BCUT2D eigenvalue weighted by molar-refractivity contribution is -0.132. The zero-order valence-corrected chi connectivity index (χ0v) is 17.2. The Labute approximate surface area is 162 Å². The number of benzene rings is 1. The highest BCUT2D eigenvalue weighted by molar-refractivity contribution is 5.79. The average molecular weight is 370 g/mol. The Kier molecular flexibility index (Phi) is 5.70. The summed E-state index contributed by atoms with van der Waals surface area (Å²) >= 11 is 0. The molecular weight excluding hydrogens is 338 g/mol. The molecule has 1 fully saturated rings. The van der Waals surface area contributed by atoms with Gasteiger partial charge in [-0.3, -0.25) is 9.69 Å². The minimum absolute atomic E-state index is 0.137. The number of aryl methyl sites for hydroxylation is 2. The van der Waals surface area contributed by atoms with Crippen LogP contribution in [0.4, 0.5) is 0 Å². The molecule has 146 valence electrons. The van der Waals surface area contributed by atoms with Crippen molar-refractivity contribution in [3.63, 3.8) is 0 Å². The van der Waals surface area contributed by atoms with Gasteiger partial charge in [-0.15, -0.1) is 0 Å². The van der Waals surface area contributed by atoms with Gasteiger partial charge in [0.15, 0.2) is 0 Å². The molecule has 0 saturated carbocycles. The van der Waals surface area contributed by atoms with Gasteiger partial charge in [0.25, 0.3) is 0 Å². The van der Waals surface area contributed by atoms with Crippen molar-refractivity contribution in [2.24, 2.45) is 5.41 Å². The van der Waals surface area contributed by atoms with Crippen LogP contribution in [-0.4, -0.2) is 53.4 Å². The first-order valence-corrected chi connectivity index (χ1v) is 9.75. The van der Waals surface area contributed by atoms with Crippen molar-refractivity contribution in [1.29, 1.82) is 0 Å². The van der Waals surface area contributed by atoms with Crippen molar-refractivity contribution in [1.82, 2.24) is 14.8 Å². The molecule has 5 heteroatoms. The number of hydrogen-bond donors (Lipinski definition) is 0. The maximum Gasteiger partial charge on any atom is 0.228 e. The minimum Gasteiger partial charge on any atom is -0.441 e. The van der Waals surface area contributed by atoms with Crippen LogP contribution in [-0.2, 0) is 11.2 Å². The molecule has 1 aliphatic rings. The highest BCUT2D eigenvalue weighted by Crippen LogP contribution is 2.25. The maximum atomic E-state index is 12.8. The maximum absolute atomic E-state index is 12.8. The second-order valence-corrected chi connectivity index (χ2v) is 8.73. The van der Waals surface area contributed by atoms with Gasteiger partial charge in [-0.05, 0) is 30.9 Å².